The third-order valence-corrected chi connectivity index (χ3v) is 4.37. The van der Waals surface area contributed by atoms with Gasteiger partial charge in [0.15, 0.2) is 0 Å². The van der Waals surface area contributed by atoms with Crippen molar-refractivity contribution in [2.75, 3.05) is 38.6 Å². The van der Waals surface area contributed by atoms with Gasteiger partial charge in [0, 0.05) is 6.54 Å². The van der Waals surface area contributed by atoms with Gasteiger partial charge in [0.25, 0.3) is 5.56 Å². The van der Waals surface area contributed by atoms with Crippen molar-refractivity contribution in [3.05, 3.63) is 21.6 Å². The van der Waals surface area contributed by atoms with Gasteiger partial charge in [0.1, 0.15) is 5.02 Å². The molecule has 1 aliphatic heterocycles. The highest BCUT2D eigenvalue weighted by Crippen LogP contribution is 2.20. The number of piperidine rings is 1. The first-order chi connectivity index (χ1) is 10.1. The van der Waals surface area contributed by atoms with Gasteiger partial charge in [-0.15, -0.1) is 0 Å². The molecule has 1 fully saturated rings. The molecule has 0 aliphatic carbocycles. The maximum absolute atomic E-state index is 11.9. The monoisotopic (exact) mass is 314 g/mol. The minimum absolute atomic E-state index is 0.133. The van der Waals surface area contributed by atoms with Gasteiger partial charge in [-0.3, -0.25) is 4.79 Å². The van der Waals surface area contributed by atoms with Crippen molar-refractivity contribution in [3.63, 3.8) is 0 Å². The van der Waals surface area contributed by atoms with Crippen LogP contribution in [0.1, 0.15) is 19.3 Å². The van der Waals surface area contributed by atoms with E-state index in [9.17, 15) is 4.79 Å². The second-order valence-electron chi connectivity index (χ2n) is 5.59. The number of nitrogens with zero attached hydrogens (tertiary/aromatic N) is 3. The summed E-state index contributed by atoms with van der Waals surface area (Å²) in [4.78, 5) is 14.2. The zero-order chi connectivity index (χ0) is 15.2. The van der Waals surface area contributed by atoms with Crippen molar-refractivity contribution in [2.45, 2.75) is 25.8 Å². The average Bonchev–Trinajstić information content (AvgIpc) is 2.48. The molecule has 0 bridgehead atoms. The largest absolute Gasteiger partial charge is 0.394 e. The van der Waals surface area contributed by atoms with Crippen molar-refractivity contribution in [2.24, 2.45) is 5.92 Å². The lowest BCUT2D eigenvalue weighted by Gasteiger charge is -2.29. The van der Waals surface area contributed by atoms with Crippen LogP contribution in [-0.4, -0.2) is 53.1 Å². The first-order valence-corrected chi connectivity index (χ1v) is 7.78. The highest BCUT2D eigenvalue weighted by Gasteiger charge is 2.16. The normalized spacial score (nSPS) is 17.1. The molecule has 1 aromatic heterocycles. The second kappa shape index (κ2) is 7.77. The van der Waals surface area contributed by atoms with E-state index in [4.69, 9.17) is 16.7 Å². The highest BCUT2D eigenvalue weighted by molar-refractivity contribution is 6.32. The minimum atomic E-state index is -0.366. The van der Waals surface area contributed by atoms with Crippen molar-refractivity contribution in [3.8, 4) is 0 Å². The number of halogens is 1. The Balaban J connectivity index is 1.86. The molecule has 1 aromatic rings. The Morgan fingerprint density at radius 1 is 1.48 bits per heavy atom. The molecule has 7 heteroatoms. The molecule has 0 amide bonds. The molecular weight excluding hydrogens is 292 g/mol. The molecule has 6 nitrogen and oxygen atoms in total. The molecule has 0 spiro atoms. The molecule has 2 heterocycles. The summed E-state index contributed by atoms with van der Waals surface area (Å²) in [6, 6.07) is 0. The van der Waals surface area contributed by atoms with Gasteiger partial charge >= 0.3 is 0 Å². The van der Waals surface area contributed by atoms with Gasteiger partial charge in [0.05, 0.1) is 25.0 Å². The van der Waals surface area contributed by atoms with E-state index in [1.54, 1.807) is 6.20 Å². The van der Waals surface area contributed by atoms with Gasteiger partial charge in [-0.25, -0.2) is 4.68 Å². The van der Waals surface area contributed by atoms with Gasteiger partial charge < -0.3 is 15.3 Å². The van der Waals surface area contributed by atoms with Crippen LogP contribution < -0.4 is 10.9 Å². The minimum Gasteiger partial charge on any atom is -0.394 e. The Morgan fingerprint density at radius 3 is 2.86 bits per heavy atom. The quantitative estimate of drug-likeness (QED) is 0.821. The average molecular weight is 315 g/mol. The van der Waals surface area contributed by atoms with Crippen LogP contribution in [0.3, 0.4) is 0 Å². The number of aromatic nitrogens is 2. The van der Waals surface area contributed by atoms with E-state index >= 15 is 0 Å². The number of nitrogens with one attached hydrogen (secondary N) is 1. The molecule has 1 saturated heterocycles. The number of aliphatic hydroxyl groups is 1. The summed E-state index contributed by atoms with van der Waals surface area (Å²) < 4.78 is 1.17. The number of rotatable bonds is 6. The van der Waals surface area contributed by atoms with E-state index in [2.05, 4.69) is 22.4 Å². The Hall–Kier alpha value is -1.11. The summed E-state index contributed by atoms with van der Waals surface area (Å²) in [6.45, 7) is 3.13. The lowest BCUT2D eigenvalue weighted by molar-refractivity contribution is 0.215. The van der Waals surface area contributed by atoms with Crippen molar-refractivity contribution in [1.82, 2.24) is 14.7 Å². The van der Waals surface area contributed by atoms with E-state index in [1.807, 2.05) is 0 Å². The number of hydrogen-bond acceptors (Lipinski definition) is 5. The van der Waals surface area contributed by atoms with Gasteiger partial charge in [-0.05, 0) is 45.3 Å². The van der Waals surface area contributed by atoms with E-state index < -0.39 is 0 Å². The SMILES string of the molecule is CN1CCC(CCNc2cnn(CCO)c(=O)c2Cl)CC1. The molecule has 0 atom stereocenters. The predicted molar refractivity (Wildman–Crippen MR) is 83.9 cm³/mol. The first kappa shape index (κ1) is 16.3. The molecular formula is C14H23ClN4O2. The zero-order valence-corrected chi connectivity index (χ0v) is 13.1. The third kappa shape index (κ3) is 4.43. The number of anilines is 1. The molecule has 21 heavy (non-hydrogen) atoms. The number of likely N-dealkylation sites (tertiary alicyclic amines) is 1. The van der Waals surface area contributed by atoms with E-state index in [0.717, 1.165) is 32.0 Å². The lowest BCUT2D eigenvalue weighted by atomic mass is 9.94. The van der Waals surface area contributed by atoms with Crippen LogP contribution in [0.15, 0.2) is 11.0 Å². The summed E-state index contributed by atoms with van der Waals surface area (Å²) in [7, 11) is 2.15. The topological polar surface area (TPSA) is 70.4 Å². The van der Waals surface area contributed by atoms with Gasteiger partial charge in [0.2, 0.25) is 0 Å². The summed E-state index contributed by atoms with van der Waals surface area (Å²) in [5.74, 6) is 0.732. The summed E-state index contributed by atoms with van der Waals surface area (Å²) in [5, 5.41) is 16.2. The Kier molecular flexibility index (Phi) is 6.02. The van der Waals surface area contributed by atoms with Crippen LogP contribution in [0.2, 0.25) is 5.02 Å². The molecule has 118 valence electrons. The third-order valence-electron chi connectivity index (χ3n) is 4.00. The zero-order valence-electron chi connectivity index (χ0n) is 12.4. The van der Waals surface area contributed by atoms with Crippen molar-refractivity contribution >= 4 is 17.3 Å². The molecule has 0 aromatic carbocycles. The highest BCUT2D eigenvalue weighted by atomic mass is 35.5. The molecule has 1 aliphatic rings. The Morgan fingerprint density at radius 2 is 2.19 bits per heavy atom. The molecule has 2 N–H and O–H groups in total. The van der Waals surface area contributed by atoms with E-state index in [1.165, 1.54) is 17.5 Å². The maximum atomic E-state index is 11.9. The Labute approximate surface area is 129 Å². The fraction of sp³-hybridized carbons (Fsp3) is 0.714. The van der Waals surface area contributed by atoms with E-state index in [-0.39, 0.29) is 23.7 Å². The standard InChI is InChI=1S/C14H23ClN4O2/c1-18-6-3-11(4-7-18)2-5-16-12-10-17-19(8-9-20)14(21)13(12)15/h10-11,16,20H,2-9H2,1H3. The van der Waals surface area contributed by atoms with Crippen LogP contribution in [0.5, 0.6) is 0 Å². The van der Waals surface area contributed by atoms with Gasteiger partial charge in [-0.2, -0.15) is 5.10 Å². The summed E-state index contributed by atoms with van der Waals surface area (Å²) in [6.07, 6.45) is 5.07. The van der Waals surface area contributed by atoms with Crippen LogP contribution in [0.4, 0.5) is 5.69 Å². The summed E-state index contributed by atoms with van der Waals surface area (Å²) in [5.41, 5.74) is 0.207. The summed E-state index contributed by atoms with van der Waals surface area (Å²) >= 11 is 6.05. The lowest BCUT2D eigenvalue weighted by Crippen LogP contribution is -2.31. The van der Waals surface area contributed by atoms with Crippen LogP contribution in [-0.2, 0) is 6.54 Å². The number of hydrogen-bond donors (Lipinski definition) is 2. The first-order valence-electron chi connectivity index (χ1n) is 7.40. The molecule has 0 radical (unpaired) electrons. The second-order valence-corrected chi connectivity index (χ2v) is 5.96. The fourth-order valence-electron chi connectivity index (χ4n) is 2.60. The fourth-order valence-corrected chi connectivity index (χ4v) is 2.82. The van der Waals surface area contributed by atoms with Crippen molar-refractivity contribution < 1.29 is 5.11 Å². The smallest absolute Gasteiger partial charge is 0.287 e. The van der Waals surface area contributed by atoms with Gasteiger partial charge in [-0.1, -0.05) is 11.6 Å². The molecule has 0 unspecified atom stereocenters. The predicted octanol–water partition coefficient (Wildman–Crippen LogP) is 1.03. The maximum Gasteiger partial charge on any atom is 0.287 e. The van der Waals surface area contributed by atoms with Crippen LogP contribution in [0, 0.1) is 5.92 Å². The molecule has 2 rings (SSSR count). The van der Waals surface area contributed by atoms with Crippen LogP contribution >= 0.6 is 11.6 Å². The number of aliphatic hydroxyl groups excluding tert-OH is 1. The van der Waals surface area contributed by atoms with E-state index in [0.29, 0.717) is 5.69 Å². The molecule has 0 saturated carbocycles. The Bertz CT molecular complexity index is 512. The van der Waals surface area contributed by atoms with Crippen molar-refractivity contribution in [1.29, 1.82) is 0 Å². The van der Waals surface area contributed by atoms with Crippen LogP contribution in [0.25, 0.3) is 0 Å².